The molecule has 0 bridgehead atoms. The Kier molecular flexibility index (Phi) is 5.96. The molecule has 1 aliphatic carbocycles. The first-order valence-electron chi connectivity index (χ1n) is 11.0. The molecule has 2 aromatic heterocycles. The smallest absolute Gasteiger partial charge is 0.267 e. The molecule has 0 aliphatic heterocycles. The van der Waals surface area contributed by atoms with Crippen molar-refractivity contribution in [3.8, 4) is 5.82 Å². The van der Waals surface area contributed by atoms with Crippen LogP contribution in [0.4, 0.5) is 0 Å². The molecule has 2 aromatic carbocycles. The molecule has 5 rings (SSSR count). The van der Waals surface area contributed by atoms with E-state index in [0.717, 1.165) is 24.0 Å². The van der Waals surface area contributed by atoms with Gasteiger partial charge in [0.2, 0.25) is 5.91 Å². The summed E-state index contributed by atoms with van der Waals surface area (Å²) in [6, 6.07) is 21.4. The molecule has 6 nitrogen and oxygen atoms in total. The van der Waals surface area contributed by atoms with Crippen LogP contribution in [0.25, 0.3) is 16.7 Å². The summed E-state index contributed by atoms with van der Waals surface area (Å²) < 4.78 is 1.52. The zero-order chi connectivity index (χ0) is 22.8. The average Bonchev–Trinajstić information content (AvgIpc) is 3.67. The Hall–Kier alpha value is -3.45. The second-order valence-electron chi connectivity index (χ2n) is 8.27. The fourth-order valence-electron chi connectivity index (χ4n) is 3.85. The van der Waals surface area contributed by atoms with Crippen LogP contribution in [0.3, 0.4) is 0 Å². The molecule has 0 spiro atoms. The maximum atomic E-state index is 13.4. The normalized spacial score (nSPS) is 13.2. The lowest BCUT2D eigenvalue weighted by atomic mass is 10.2. The van der Waals surface area contributed by atoms with Crippen LogP contribution in [0.15, 0.2) is 82.9 Å². The number of carbonyl (C=O) groups excluding carboxylic acids is 1. The zero-order valence-corrected chi connectivity index (χ0v) is 19.2. The van der Waals surface area contributed by atoms with Crippen LogP contribution in [0.1, 0.15) is 24.0 Å². The molecule has 0 saturated heterocycles. The van der Waals surface area contributed by atoms with Crippen molar-refractivity contribution in [3.05, 3.63) is 94.4 Å². The van der Waals surface area contributed by atoms with Gasteiger partial charge < -0.3 is 4.90 Å². The van der Waals surface area contributed by atoms with Crippen molar-refractivity contribution < 1.29 is 4.79 Å². The average molecular weight is 457 g/mol. The van der Waals surface area contributed by atoms with E-state index in [-0.39, 0.29) is 17.2 Å². The molecule has 4 aromatic rings. The van der Waals surface area contributed by atoms with Crippen molar-refractivity contribution in [2.24, 2.45) is 0 Å². The second kappa shape index (κ2) is 9.19. The number of hydrogen-bond donors (Lipinski definition) is 0. The van der Waals surface area contributed by atoms with Gasteiger partial charge in [-0.1, -0.05) is 54.2 Å². The highest BCUT2D eigenvalue weighted by Crippen LogP contribution is 2.30. The van der Waals surface area contributed by atoms with Crippen molar-refractivity contribution >= 4 is 28.6 Å². The molecule has 7 heteroatoms. The van der Waals surface area contributed by atoms with E-state index in [1.165, 1.54) is 16.3 Å². The molecule has 1 fully saturated rings. The number of rotatable bonds is 7. The Morgan fingerprint density at radius 3 is 2.61 bits per heavy atom. The van der Waals surface area contributed by atoms with Gasteiger partial charge in [0.15, 0.2) is 5.16 Å². The monoisotopic (exact) mass is 456 g/mol. The van der Waals surface area contributed by atoms with Crippen molar-refractivity contribution in [2.75, 3.05) is 5.75 Å². The lowest BCUT2D eigenvalue weighted by Gasteiger charge is -2.22. The summed E-state index contributed by atoms with van der Waals surface area (Å²) in [6.45, 7) is 2.56. The number of fused-ring (bicyclic) bond motifs is 1. The lowest BCUT2D eigenvalue weighted by molar-refractivity contribution is -0.129. The Morgan fingerprint density at radius 1 is 1.09 bits per heavy atom. The van der Waals surface area contributed by atoms with E-state index in [0.29, 0.717) is 34.5 Å². The highest BCUT2D eigenvalue weighted by atomic mass is 32.2. The van der Waals surface area contributed by atoms with Gasteiger partial charge in [0, 0.05) is 18.8 Å². The maximum Gasteiger partial charge on any atom is 0.267 e. The minimum absolute atomic E-state index is 0.0533. The van der Waals surface area contributed by atoms with Gasteiger partial charge in [-0.25, -0.2) is 14.5 Å². The van der Waals surface area contributed by atoms with Gasteiger partial charge in [0.1, 0.15) is 5.82 Å². The van der Waals surface area contributed by atoms with Gasteiger partial charge in [-0.05, 0) is 55.2 Å². The third kappa shape index (κ3) is 4.68. The number of thioether (sulfide) groups is 1. The molecular formula is C26H24N4O2S. The maximum absolute atomic E-state index is 13.4. The standard InChI is InChI=1S/C26H24N4O2S/c1-18-13-14-27-23(15-18)30-25(32)21-9-5-6-10-22(21)28-26(30)33-17-24(31)29(20-11-12-20)16-19-7-3-2-4-8-19/h2-10,13-15,20H,11-12,16-17H2,1H3. The van der Waals surface area contributed by atoms with Gasteiger partial charge in [0.05, 0.1) is 16.7 Å². The molecule has 0 atom stereocenters. The first-order valence-corrected chi connectivity index (χ1v) is 12.0. The van der Waals surface area contributed by atoms with Crippen LogP contribution in [-0.2, 0) is 11.3 Å². The largest absolute Gasteiger partial charge is 0.335 e. The summed E-state index contributed by atoms with van der Waals surface area (Å²) in [6.07, 6.45) is 3.76. The number of para-hydroxylation sites is 1. The Labute approximate surface area is 196 Å². The summed E-state index contributed by atoms with van der Waals surface area (Å²) in [4.78, 5) is 37.7. The molecule has 0 N–H and O–H groups in total. The number of carbonyl (C=O) groups is 1. The first kappa shape index (κ1) is 21.4. The lowest BCUT2D eigenvalue weighted by Crippen LogP contribution is -2.34. The summed E-state index contributed by atoms with van der Waals surface area (Å²) >= 11 is 1.29. The van der Waals surface area contributed by atoms with E-state index in [4.69, 9.17) is 4.98 Å². The van der Waals surface area contributed by atoms with Crippen LogP contribution in [-0.4, -0.2) is 37.1 Å². The first-order chi connectivity index (χ1) is 16.1. The van der Waals surface area contributed by atoms with E-state index in [9.17, 15) is 9.59 Å². The van der Waals surface area contributed by atoms with Crippen molar-refractivity contribution in [3.63, 3.8) is 0 Å². The molecule has 1 aliphatic rings. The zero-order valence-electron chi connectivity index (χ0n) is 18.3. The van der Waals surface area contributed by atoms with Gasteiger partial charge in [-0.15, -0.1) is 0 Å². The third-order valence-electron chi connectivity index (χ3n) is 5.70. The van der Waals surface area contributed by atoms with Gasteiger partial charge in [-0.2, -0.15) is 0 Å². The quantitative estimate of drug-likeness (QED) is 0.305. The number of benzene rings is 2. The van der Waals surface area contributed by atoms with E-state index >= 15 is 0 Å². The number of pyridine rings is 1. The summed E-state index contributed by atoms with van der Waals surface area (Å²) in [5.74, 6) is 0.772. The van der Waals surface area contributed by atoms with Crippen LogP contribution in [0.5, 0.6) is 0 Å². The van der Waals surface area contributed by atoms with Gasteiger partial charge in [0.25, 0.3) is 5.56 Å². The molecule has 0 unspecified atom stereocenters. The van der Waals surface area contributed by atoms with Crippen molar-refractivity contribution in [2.45, 2.75) is 37.5 Å². The number of amides is 1. The minimum atomic E-state index is -0.183. The highest BCUT2D eigenvalue weighted by molar-refractivity contribution is 7.99. The highest BCUT2D eigenvalue weighted by Gasteiger charge is 2.32. The Balaban J connectivity index is 1.46. The number of aromatic nitrogens is 3. The van der Waals surface area contributed by atoms with E-state index in [1.54, 1.807) is 12.3 Å². The van der Waals surface area contributed by atoms with E-state index < -0.39 is 0 Å². The fraction of sp³-hybridized carbons (Fsp3) is 0.231. The minimum Gasteiger partial charge on any atom is -0.335 e. The Morgan fingerprint density at radius 2 is 1.85 bits per heavy atom. The SMILES string of the molecule is Cc1ccnc(-n2c(SCC(=O)N(Cc3ccccc3)C3CC3)nc3ccccc3c2=O)c1. The molecule has 33 heavy (non-hydrogen) atoms. The van der Waals surface area contributed by atoms with Gasteiger partial charge >= 0.3 is 0 Å². The van der Waals surface area contributed by atoms with Crippen LogP contribution < -0.4 is 5.56 Å². The predicted molar refractivity (Wildman–Crippen MR) is 131 cm³/mol. The van der Waals surface area contributed by atoms with Crippen LogP contribution >= 0.6 is 11.8 Å². The number of hydrogen-bond acceptors (Lipinski definition) is 5. The van der Waals surface area contributed by atoms with Crippen molar-refractivity contribution in [1.29, 1.82) is 0 Å². The molecule has 1 amide bonds. The topological polar surface area (TPSA) is 68.1 Å². The Bertz CT molecular complexity index is 1370. The second-order valence-corrected chi connectivity index (χ2v) is 9.21. The number of aryl methyl sites for hydroxylation is 1. The number of nitrogens with zero attached hydrogens (tertiary/aromatic N) is 4. The molecular weight excluding hydrogens is 432 g/mol. The fourth-order valence-corrected chi connectivity index (χ4v) is 4.74. The molecule has 1 saturated carbocycles. The summed E-state index contributed by atoms with van der Waals surface area (Å²) in [5.41, 5.74) is 2.55. The van der Waals surface area contributed by atoms with Crippen LogP contribution in [0, 0.1) is 6.92 Å². The molecule has 166 valence electrons. The van der Waals surface area contributed by atoms with Gasteiger partial charge in [-0.3, -0.25) is 9.59 Å². The molecule has 2 heterocycles. The predicted octanol–water partition coefficient (Wildman–Crippen LogP) is 4.37. The van der Waals surface area contributed by atoms with Crippen LogP contribution in [0.2, 0.25) is 0 Å². The van der Waals surface area contributed by atoms with Crippen molar-refractivity contribution in [1.82, 2.24) is 19.4 Å². The van der Waals surface area contributed by atoms with E-state index in [2.05, 4.69) is 4.98 Å². The summed E-state index contributed by atoms with van der Waals surface area (Å²) in [7, 11) is 0. The third-order valence-corrected chi connectivity index (χ3v) is 6.63. The van der Waals surface area contributed by atoms with E-state index in [1.807, 2.05) is 72.5 Å². The summed E-state index contributed by atoms with van der Waals surface area (Å²) in [5, 5.41) is 1.00. The molecule has 0 radical (unpaired) electrons.